The Morgan fingerprint density at radius 2 is 1.47 bits per heavy atom. The van der Waals surface area contributed by atoms with Gasteiger partial charge in [0.2, 0.25) is 5.91 Å². The van der Waals surface area contributed by atoms with Crippen LogP contribution in [0, 0.1) is 0 Å². The number of anilines is 1. The maximum absolute atomic E-state index is 12.3. The van der Waals surface area contributed by atoms with E-state index in [1.54, 1.807) is 0 Å². The lowest BCUT2D eigenvalue weighted by Crippen LogP contribution is -2.14. The van der Waals surface area contributed by atoms with Gasteiger partial charge < -0.3 is 5.32 Å². The van der Waals surface area contributed by atoms with E-state index in [1.165, 1.54) is 101 Å². The predicted octanol–water partition coefficient (Wildman–Crippen LogP) is 8.54. The Hall–Kier alpha value is -1.57. The largest absolute Gasteiger partial charge is 0.326 e. The van der Waals surface area contributed by atoms with Crippen LogP contribution in [0.15, 0.2) is 30.4 Å². The van der Waals surface area contributed by atoms with Crippen molar-refractivity contribution in [1.82, 2.24) is 0 Å². The van der Waals surface area contributed by atoms with Crippen molar-refractivity contribution in [2.45, 2.75) is 122 Å². The molecule has 0 saturated carbocycles. The van der Waals surface area contributed by atoms with Gasteiger partial charge in [0.15, 0.2) is 0 Å². The number of nitrogens with one attached hydrogen (secondary N) is 1. The highest BCUT2D eigenvalue weighted by Crippen LogP contribution is 2.28. The van der Waals surface area contributed by atoms with E-state index in [-0.39, 0.29) is 5.91 Å². The number of fused-ring (bicyclic) bond motifs is 1. The molecule has 0 aromatic heterocycles. The second kappa shape index (κ2) is 16.2. The number of amides is 1. The van der Waals surface area contributed by atoms with E-state index in [2.05, 4.69) is 42.6 Å². The lowest BCUT2D eigenvalue weighted by Gasteiger charge is -2.19. The van der Waals surface area contributed by atoms with E-state index in [0.29, 0.717) is 6.42 Å². The fourth-order valence-corrected chi connectivity index (χ4v) is 4.47. The third-order valence-corrected chi connectivity index (χ3v) is 6.34. The maximum atomic E-state index is 12.3. The molecule has 0 saturated heterocycles. The molecule has 0 atom stereocenters. The summed E-state index contributed by atoms with van der Waals surface area (Å²) in [6.07, 6.45) is 27.0. The Bertz CT molecular complexity index is 619. The van der Waals surface area contributed by atoms with Gasteiger partial charge in [-0.2, -0.15) is 0 Å². The van der Waals surface area contributed by atoms with Crippen LogP contribution in [0.3, 0.4) is 0 Å². The Morgan fingerprint density at radius 3 is 2.20 bits per heavy atom. The van der Waals surface area contributed by atoms with Crippen molar-refractivity contribution >= 4 is 11.6 Å². The summed E-state index contributed by atoms with van der Waals surface area (Å²) in [6.45, 7) is 2.27. The van der Waals surface area contributed by atoms with Gasteiger partial charge in [-0.25, -0.2) is 0 Å². The number of benzene rings is 1. The maximum Gasteiger partial charge on any atom is 0.224 e. The van der Waals surface area contributed by atoms with Gasteiger partial charge in [0.05, 0.1) is 0 Å². The number of unbranched alkanes of at least 4 members (excludes halogenated alkanes) is 11. The molecule has 168 valence electrons. The molecule has 2 nitrogen and oxygen atoms in total. The highest BCUT2D eigenvalue weighted by molar-refractivity contribution is 5.91. The summed E-state index contributed by atoms with van der Waals surface area (Å²) in [6, 6.07) is 6.37. The molecule has 0 bridgehead atoms. The van der Waals surface area contributed by atoms with Crippen molar-refractivity contribution in [2.75, 3.05) is 5.32 Å². The van der Waals surface area contributed by atoms with E-state index in [0.717, 1.165) is 24.9 Å². The van der Waals surface area contributed by atoms with Crippen molar-refractivity contribution in [3.8, 4) is 0 Å². The van der Waals surface area contributed by atoms with Gasteiger partial charge in [0.25, 0.3) is 0 Å². The lowest BCUT2D eigenvalue weighted by molar-refractivity contribution is -0.116. The van der Waals surface area contributed by atoms with Gasteiger partial charge >= 0.3 is 0 Å². The molecule has 2 heteroatoms. The van der Waals surface area contributed by atoms with Crippen LogP contribution in [0.4, 0.5) is 5.69 Å². The van der Waals surface area contributed by atoms with Crippen LogP contribution in [0.2, 0.25) is 0 Å². The summed E-state index contributed by atoms with van der Waals surface area (Å²) in [5, 5.41) is 3.17. The molecule has 1 aliphatic carbocycles. The fourth-order valence-electron chi connectivity index (χ4n) is 4.47. The summed E-state index contributed by atoms with van der Waals surface area (Å²) in [4.78, 5) is 12.3. The van der Waals surface area contributed by atoms with Crippen LogP contribution in [-0.2, 0) is 17.6 Å². The van der Waals surface area contributed by atoms with Crippen LogP contribution in [-0.4, -0.2) is 5.91 Å². The monoisotopic (exact) mass is 411 g/mol. The molecule has 0 unspecified atom stereocenters. The number of carbonyl (C=O) groups excluding carboxylic acids is 1. The molecule has 0 spiro atoms. The average molecular weight is 412 g/mol. The van der Waals surface area contributed by atoms with Crippen molar-refractivity contribution in [3.05, 3.63) is 41.5 Å². The van der Waals surface area contributed by atoms with E-state index < -0.39 is 0 Å². The Morgan fingerprint density at radius 1 is 0.833 bits per heavy atom. The first-order chi connectivity index (χ1) is 14.8. The minimum absolute atomic E-state index is 0.187. The zero-order valence-corrected chi connectivity index (χ0v) is 19.5. The summed E-state index contributed by atoms with van der Waals surface area (Å²) in [5.74, 6) is 0.187. The summed E-state index contributed by atoms with van der Waals surface area (Å²) in [5.41, 5.74) is 3.87. The SMILES string of the molecule is CCCCCCCC/C=C\CCCCCCCC(=O)Nc1cccc2c1CCCC2. The molecule has 1 aliphatic rings. The molecule has 30 heavy (non-hydrogen) atoms. The van der Waals surface area contributed by atoms with Crippen LogP contribution in [0.1, 0.15) is 121 Å². The molecule has 1 amide bonds. The van der Waals surface area contributed by atoms with E-state index in [4.69, 9.17) is 0 Å². The van der Waals surface area contributed by atoms with Crippen LogP contribution in [0.5, 0.6) is 0 Å². The molecular formula is C28H45NO. The predicted molar refractivity (Wildman–Crippen MR) is 131 cm³/mol. The zero-order valence-electron chi connectivity index (χ0n) is 19.5. The van der Waals surface area contributed by atoms with Gasteiger partial charge in [-0.1, -0.05) is 82.6 Å². The average Bonchev–Trinajstić information content (AvgIpc) is 2.76. The van der Waals surface area contributed by atoms with Gasteiger partial charge in [-0.15, -0.1) is 0 Å². The summed E-state index contributed by atoms with van der Waals surface area (Å²) in [7, 11) is 0. The number of hydrogen-bond donors (Lipinski definition) is 1. The second-order valence-corrected chi connectivity index (χ2v) is 9.03. The molecule has 1 aromatic rings. The molecule has 0 heterocycles. The topological polar surface area (TPSA) is 29.1 Å². The van der Waals surface area contributed by atoms with E-state index >= 15 is 0 Å². The number of carbonyl (C=O) groups is 1. The normalized spacial score (nSPS) is 13.5. The molecular weight excluding hydrogens is 366 g/mol. The van der Waals surface area contributed by atoms with Crippen molar-refractivity contribution in [3.63, 3.8) is 0 Å². The third kappa shape index (κ3) is 10.5. The smallest absolute Gasteiger partial charge is 0.224 e. The van der Waals surface area contributed by atoms with Crippen LogP contribution < -0.4 is 5.32 Å². The molecule has 0 radical (unpaired) electrons. The third-order valence-electron chi connectivity index (χ3n) is 6.34. The highest BCUT2D eigenvalue weighted by atomic mass is 16.1. The van der Waals surface area contributed by atoms with Gasteiger partial charge in [-0.05, 0) is 75.0 Å². The van der Waals surface area contributed by atoms with Crippen molar-refractivity contribution in [1.29, 1.82) is 0 Å². The lowest BCUT2D eigenvalue weighted by atomic mass is 9.90. The number of aryl methyl sites for hydroxylation is 1. The van der Waals surface area contributed by atoms with Crippen LogP contribution >= 0.6 is 0 Å². The summed E-state index contributed by atoms with van der Waals surface area (Å²) < 4.78 is 0. The number of allylic oxidation sites excluding steroid dienone is 2. The first kappa shape index (κ1) is 24.7. The first-order valence-electron chi connectivity index (χ1n) is 12.9. The van der Waals surface area contributed by atoms with Gasteiger partial charge in [0, 0.05) is 12.1 Å². The van der Waals surface area contributed by atoms with E-state index in [1.807, 2.05) is 0 Å². The zero-order chi connectivity index (χ0) is 21.3. The molecule has 1 aromatic carbocycles. The van der Waals surface area contributed by atoms with Crippen molar-refractivity contribution < 1.29 is 4.79 Å². The van der Waals surface area contributed by atoms with Gasteiger partial charge in [0.1, 0.15) is 0 Å². The molecule has 1 N–H and O–H groups in total. The second-order valence-electron chi connectivity index (χ2n) is 9.03. The Kier molecular flexibility index (Phi) is 13.3. The van der Waals surface area contributed by atoms with E-state index in [9.17, 15) is 4.79 Å². The summed E-state index contributed by atoms with van der Waals surface area (Å²) >= 11 is 0. The number of rotatable bonds is 16. The number of hydrogen-bond acceptors (Lipinski definition) is 1. The van der Waals surface area contributed by atoms with Crippen molar-refractivity contribution in [2.24, 2.45) is 0 Å². The highest BCUT2D eigenvalue weighted by Gasteiger charge is 2.14. The molecule has 0 aliphatic heterocycles. The standard InChI is InChI=1S/C28H45NO/c1-2-3-4-5-6-7-8-9-10-11-12-13-14-15-16-24-28(30)29-27-23-19-21-25-20-17-18-22-26(25)27/h9-10,19,21,23H,2-8,11-18,20,22,24H2,1H3,(H,29,30)/b10-9-. The first-order valence-corrected chi connectivity index (χ1v) is 12.9. The van der Waals surface area contributed by atoms with Gasteiger partial charge in [-0.3, -0.25) is 4.79 Å². The minimum atomic E-state index is 0.187. The van der Waals surface area contributed by atoms with Crippen LogP contribution in [0.25, 0.3) is 0 Å². The molecule has 2 rings (SSSR count). The quantitative estimate of drug-likeness (QED) is 0.214. The Balaban J connectivity index is 1.43. The Labute approximate surface area is 185 Å². The minimum Gasteiger partial charge on any atom is -0.326 e. The fraction of sp³-hybridized carbons (Fsp3) is 0.679. The molecule has 0 fully saturated rings.